The summed E-state index contributed by atoms with van der Waals surface area (Å²) in [5.41, 5.74) is 1.37. The highest BCUT2D eigenvalue weighted by molar-refractivity contribution is 7.92. The molecule has 220 valence electrons. The number of amides is 2. The number of rotatable bonds is 11. The number of nitrogens with one attached hydrogen (secondary N) is 1. The molecular formula is C29H31Cl4N3O4S. The highest BCUT2D eigenvalue weighted by Gasteiger charge is 2.33. The van der Waals surface area contributed by atoms with Gasteiger partial charge in [-0.1, -0.05) is 77.1 Å². The van der Waals surface area contributed by atoms with E-state index in [4.69, 9.17) is 46.4 Å². The molecule has 0 unspecified atom stereocenters. The van der Waals surface area contributed by atoms with E-state index in [2.05, 4.69) is 5.32 Å². The van der Waals surface area contributed by atoms with Gasteiger partial charge in [0.25, 0.3) is 10.0 Å². The second-order valence-electron chi connectivity index (χ2n) is 9.67. The lowest BCUT2D eigenvalue weighted by atomic mass is 10.1. The Balaban J connectivity index is 2.10. The van der Waals surface area contributed by atoms with Gasteiger partial charge >= 0.3 is 0 Å². The molecular weight excluding hydrogens is 628 g/mol. The third kappa shape index (κ3) is 8.30. The summed E-state index contributed by atoms with van der Waals surface area (Å²) in [6.45, 7) is 6.37. The molecule has 41 heavy (non-hydrogen) atoms. The minimum atomic E-state index is -4.28. The zero-order valence-electron chi connectivity index (χ0n) is 23.0. The van der Waals surface area contributed by atoms with Gasteiger partial charge in [-0.2, -0.15) is 0 Å². The molecule has 0 aromatic heterocycles. The maximum atomic E-state index is 14.0. The van der Waals surface area contributed by atoms with Crippen LogP contribution < -0.4 is 9.62 Å². The van der Waals surface area contributed by atoms with Crippen LogP contribution in [0.4, 0.5) is 5.69 Å². The molecule has 2 atom stereocenters. The zero-order chi connectivity index (χ0) is 30.5. The summed E-state index contributed by atoms with van der Waals surface area (Å²) in [4.78, 5) is 28.4. The van der Waals surface area contributed by atoms with Crippen molar-refractivity contribution in [2.45, 2.75) is 57.6 Å². The molecule has 1 N–H and O–H groups in total. The van der Waals surface area contributed by atoms with Gasteiger partial charge in [0, 0.05) is 38.2 Å². The topological polar surface area (TPSA) is 86.8 Å². The number of carbonyl (C=O) groups excluding carboxylic acids is 2. The molecule has 3 aromatic rings. The molecule has 0 bridgehead atoms. The number of aryl methyl sites for hydroxylation is 1. The van der Waals surface area contributed by atoms with Crippen LogP contribution in [0.15, 0.2) is 65.6 Å². The van der Waals surface area contributed by atoms with Crippen molar-refractivity contribution in [2.75, 3.05) is 10.8 Å². The fourth-order valence-corrected chi connectivity index (χ4v) is 6.38. The second-order valence-corrected chi connectivity index (χ2v) is 13.2. The standard InChI is InChI=1S/C29H31Cl4N3O4S/c1-5-19(3)34-29(38)20(4)35(16-25-26(32)7-6-8-27(25)33)28(37)17-36(23-14-21(30)13-22(31)15-23)41(39,40)24-11-9-18(2)10-12-24/h6-15,19-20H,5,16-17H2,1-4H3,(H,34,38)/t19-,20+/m0/s1. The van der Waals surface area contributed by atoms with Crippen molar-refractivity contribution < 1.29 is 18.0 Å². The van der Waals surface area contributed by atoms with E-state index in [-0.39, 0.29) is 33.2 Å². The van der Waals surface area contributed by atoms with Crippen LogP contribution in [0.3, 0.4) is 0 Å². The number of halogens is 4. The molecule has 0 aliphatic heterocycles. The van der Waals surface area contributed by atoms with Crippen LogP contribution in [-0.2, 0) is 26.2 Å². The normalized spacial score (nSPS) is 12.9. The SMILES string of the molecule is CC[C@H](C)NC(=O)[C@@H](C)N(Cc1c(Cl)cccc1Cl)C(=O)CN(c1cc(Cl)cc(Cl)c1)S(=O)(=O)c1ccc(C)cc1. The maximum absolute atomic E-state index is 14.0. The fraction of sp³-hybridized carbons (Fsp3) is 0.310. The van der Waals surface area contributed by atoms with Gasteiger partial charge in [-0.15, -0.1) is 0 Å². The fourth-order valence-electron chi connectivity index (χ4n) is 3.95. The van der Waals surface area contributed by atoms with Gasteiger partial charge in [0.15, 0.2) is 0 Å². The molecule has 3 rings (SSSR count). The van der Waals surface area contributed by atoms with Crippen LogP contribution in [0.5, 0.6) is 0 Å². The van der Waals surface area contributed by atoms with E-state index in [0.717, 1.165) is 9.87 Å². The van der Waals surface area contributed by atoms with Crippen molar-refractivity contribution in [1.82, 2.24) is 10.2 Å². The summed E-state index contributed by atoms with van der Waals surface area (Å²) in [7, 11) is -4.28. The van der Waals surface area contributed by atoms with Crippen LogP contribution >= 0.6 is 46.4 Å². The van der Waals surface area contributed by atoms with Crippen LogP contribution in [-0.4, -0.2) is 43.8 Å². The zero-order valence-corrected chi connectivity index (χ0v) is 26.8. The van der Waals surface area contributed by atoms with Crippen LogP contribution in [0, 0.1) is 6.92 Å². The molecule has 0 spiro atoms. The molecule has 0 saturated carbocycles. The Morgan fingerprint density at radius 3 is 2.00 bits per heavy atom. The molecule has 12 heteroatoms. The van der Waals surface area contributed by atoms with Crippen LogP contribution in [0.1, 0.15) is 38.3 Å². The van der Waals surface area contributed by atoms with Crippen molar-refractivity contribution >= 4 is 73.9 Å². The summed E-state index contributed by atoms with van der Waals surface area (Å²) < 4.78 is 28.8. The quantitative estimate of drug-likeness (QED) is 0.237. The van der Waals surface area contributed by atoms with Gasteiger partial charge in [0.05, 0.1) is 10.6 Å². The van der Waals surface area contributed by atoms with Crippen molar-refractivity contribution in [3.63, 3.8) is 0 Å². The number of benzene rings is 3. The number of carbonyl (C=O) groups is 2. The predicted molar refractivity (Wildman–Crippen MR) is 167 cm³/mol. The first kappa shape index (κ1) is 33.0. The Morgan fingerprint density at radius 2 is 1.46 bits per heavy atom. The van der Waals surface area contributed by atoms with E-state index < -0.39 is 34.4 Å². The molecule has 0 heterocycles. The molecule has 0 radical (unpaired) electrons. The highest BCUT2D eigenvalue weighted by atomic mass is 35.5. The molecule has 3 aromatic carbocycles. The van der Waals surface area contributed by atoms with Crippen LogP contribution in [0.2, 0.25) is 20.1 Å². The van der Waals surface area contributed by atoms with Crippen molar-refractivity contribution in [3.8, 4) is 0 Å². The molecule has 0 fully saturated rings. The van der Waals surface area contributed by atoms with E-state index in [1.165, 1.54) is 35.2 Å². The third-order valence-corrected chi connectivity index (χ3v) is 9.51. The van der Waals surface area contributed by atoms with Gasteiger partial charge in [0.2, 0.25) is 11.8 Å². The van der Waals surface area contributed by atoms with Crippen molar-refractivity contribution in [3.05, 3.63) is 91.9 Å². The Labute approximate surface area is 261 Å². The lowest BCUT2D eigenvalue weighted by Gasteiger charge is -2.33. The number of sulfonamides is 1. The number of anilines is 1. The number of nitrogens with zero attached hydrogens (tertiary/aromatic N) is 2. The summed E-state index contributed by atoms with van der Waals surface area (Å²) >= 11 is 25.3. The number of hydrogen-bond acceptors (Lipinski definition) is 4. The van der Waals surface area contributed by atoms with Gasteiger partial charge in [0.1, 0.15) is 12.6 Å². The smallest absolute Gasteiger partial charge is 0.264 e. The van der Waals surface area contributed by atoms with E-state index in [1.807, 2.05) is 20.8 Å². The first-order chi connectivity index (χ1) is 19.2. The number of hydrogen-bond donors (Lipinski definition) is 1. The lowest BCUT2D eigenvalue weighted by Crippen LogP contribution is -2.52. The Morgan fingerprint density at radius 1 is 0.902 bits per heavy atom. The highest BCUT2D eigenvalue weighted by Crippen LogP contribution is 2.31. The van der Waals surface area contributed by atoms with Gasteiger partial charge < -0.3 is 10.2 Å². The molecule has 2 amide bonds. The molecule has 0 aliphatic carbocycles. The Hall–Kier alpha value is -2.49. The van der Waals surface area contributed by atoms with E-state index in [1.54, 1.807) is 37.3 Å². The lowest BCUT2D eigenvalue weighted by molar-refractivity contribution is -0.139. The summed E-state index contributed by atoms with van der Waals surface area (Å²) in [5, 5.41) is 3.85. The predicted octanol–water partition coefficient (Wildman–Crippen LogP) is 7.14. The Kier molecular flexibility index (Phi) is 11.4. The van der Waals surface area contributed by atoms with Crippen molar-refractivity contribution in [1.29, 1.82) is 0 Å². The largest absolute Gasteiger partial charge is 0.352 e. The second kappa shape index (κ2) is 14.1. The van der Waals surface area contributed by atoms with Crippen molar-refractivity contribution in [2.24, 2.45) is 0 Å². The first-order valence-corrected chi connectivity index (χ1v) is 15.8. The minimum absolute atomic E-state index is 0.0322. The average molecular weight is 659 g/mol. The van der Waals surface area contributed by atoms with E-state index >= 15 is 0 Å². The van der Waals surface area contributed by atoms with E-state index in [9.17, 15) is 18.0 Å². The summed E-state index contributed by atoms with van der Waals surface area (Å²) in [6.07, 6.45) is 0.681. The molecule has 7 nitrogen and oxygen atoms in total. The third-order valence-electron chi connectivity index (χ3n) is 6.58. The van der Waals surface area contributed by atoms with E-state index in [0.29, 0.717) is 22.0 Å². The summed E-state index contributed by atoms with van der Waals surface area (Å²) in [6, 6.07) is 14.3. The minimum Gasteiger partial charge on any atom is -0.352 e. The van der Waals surface area contributed by atoms with Gasteiger partial charge in [-0.3, -0.25) is 13.9 Å². The van der Waals surface area contributed by atoms with Gasteiger partial charge in [-0.05, 0) is 69.7 Å². The Bertz CT molecular complexity index is 1480. The average Bonchev–Trinajstić information content (AvgIpc) is 2.90. The maximum Gasteiger partial charge on any atom is 0.264 e. The van der Waals surface area contributed by atoms with Gasteiger partial charge in [-0.25, -0.2) is 8.42 Å². The summed E-state index contributed by atoms with van der Waals surface area (Å²) in [5.74, 6) is -1.07. The monoisotopic (exact) mass is 657 g/mol. The first-order valence-electron chi connectivity index (χ1n) is 12.8. The van der Waals surface area contributed by atoms with Crippen LogP contribution in [0.25, 0.3) is 0 Å². The molecule has 0 aliphatic rings. The molecule has 0 saturated heterocycles.